The fourth-order valence-electron chi connectivity index (χ4n) is 1.80. The molecule has 0 amide bonds. The molecule has 2 rings (SSSR count). The Hall–Kier alpha value is -2.06. The van der Waals surface area contributed by atoms with Gasteiger partial charge >= 0.3 is 5.97 Å². The molecule has 0 saturated carbocycles. The van der Waals surface area contributed by atoms with Crippen molar-refractivity contribution in [3.8, 4) is 11.1 Å². The first kappa shape index (κ1) is 14.4. The zero-order valence-corrected chi connectivity index (χ0v) is 12.7. The largest absolute Gasteiger partial charge is 0.456 e. The van der Waals surface area contributed by atoms with E-state index >= 15 is 0 Å². The van der Waals surface area contributed by atoms with E-state index in [9.17, 15) is 10.1 Å². The predicted octanol–water partition coefficient (Wildman–Crippen LogP) is 3.67. The van der Waals surface area contributed by atoms with Gasteiger partial charge in [-0.1, -0.05) is 0 Å². The molecule has 0 unspecified atom stereocenters. The van der Waals surface area contributed by atoms with E-state index in [-0.39, 0.29) is 5.97 Å². The van der Waals surface area contributed by atoms with Crippen molar-refractivity contribution in [2.24, 2.45) is 0 Å². The van der Waals surface area contributed by atoms with Gasteiger partial charge < -0.3 is 9.30 Å². The number of nitriles is 1. The van der Waals surface area contributed by atoms with Gasteiger partial charge in [0.1, 0.15) is 21.5 Å². The first-order valence-electron chi connectivity index (χ1n) is 6.23. The van der Waals surface area contributed by atoms with E-state index in [0.717, 1.165) is 5.00 Å². The third-order valence-corrected chi connectivity index (χ3v) is 3.95. The van der Waals surface area contributed by atoms with Crippen LogP contribution >= 0.6 is 11.3 Å². The number of nitrogens with zero attached hydrogens (tertiary/aromatic N) is 2. The molecule has 0 spiro atoms. The summed E-state index contributed by atoms with van der Waals surface area (Å²) in [6.07, 6.45) is 3.70. The number of esters is 1. The lowest BCUT2D eigenvalue weighted by Crippen LogP contribution is -2.23. The van der Waals surface area contributed by atoms with Crippen LogP contribution in [-0.2, 0) is 4.74 Å². The highest BCUT2D eigenvalue weighted by Crippen LogP contribution is 2.32. The lowest BCUT2D eigenvalue weighted by atomic mass is 10.1. The molecule has 0 aliphatic heterocycles. The zero-order chi connectivity index (χ0) is 14.9. The van der Waals surface area contributed by atoms with Crippen LogP contribution in [0.5, 0.6) is 0 Å². The van der Waals surface area contributed by atoms with Gasteiger partial charge in [0.25, 0.3) is 0 Å². The van der Waals surface area contributed by atoms with Gasteiger partial charge in [-0.3, -0.25) is 0 Å². The molecule has 5 heteroatoms. The van der Waals surface area contributed by atoms with Crippen molar-refractivity contribution in [2.45, 2.75) is 33.3 Å². The Bertz CT molecular complexity index is 670. The minimum atomic E-state index is -0.548. The highest BCUT2D eigenvalue weighted by Gasteiger charge is 2.25. The molecule has 2 aromatic rings. The lowest BCUT2D eigenvalue weighted by Gasteiger charge is -2.19. The summed E-state index contributed by atoms with van der Waals surface area (Å²) in [4.78, 5) is 12.7. The summed E-state index contributed by atoms with van der Waals surface area (Å²) in [7, 11) is 0. The SMILES string of the molecule is Cc1c(C(=O)OC(C)(C)C)sc(-n2cccc2)c1C#N. The molecular weight excluding hydrogens is 272 g/mol. The Morgan fingerprint density at radius 3 is 2.45 bits per heavy atom. The van der Waals surface area contributed by atoms with Crippen molar-refractivity contribution in [3.05, 3.63) is 40.5 Å². The highest BCUT2D eigenvalue weighted by molar-refractivity contribution is 7.16. The molecule has 0 atom stereocenters. The van der Waals surface area contributed by atoms with Crippen molar-refractivity contribution in [1.29, 1.82) is 5.26 Å². The van der Waals surface area contributed by atoms with Gasteiger partial charge in [0.2, 0.25) is 0 Å². The summed E-state index contributed by atoms with van der Waals surface area (Å²) >= 11 is 1.28. The molecule has 0 aromatic carbocycles. The second-order valence-corrected chi connectivity index (χ2v) is 6.44. The number of hydrogen-bond acceptors (Lipinski definition) is 4. The van der Waals surface area contributed by atoms with Gasteiger partial charge in [-0.2, -0.15) is 5.26 Å². The van der Waals surface area contributed by atoms with E-state index in [1.54, 1.807) is 6.92 Å². The fourth-order valence-corrected chi connectivity index (χ4v) is 2.90. The fraction of sp³-hybridized carbons (Fsp3) is 0.333. The normalized spacial score (nSPS) is 11.2. The maximum absolute atomic E-state index is 12.2. The van der Waals surface area contributed by atoms with Gasteiger partial charge in [-0.15, -0.1) is 11.3 Å². The summed E-state index contributed by atoms with van der Waals surface area (Å²) in [6.45, 7) is 7.25. The van der Waals surface area contributed by atoms with E-state index in [1.807, 2.05) is 49.9 Å². The standard InChI is InChI=1S/C15H16N2O2S/c1-10-11(9-16)13(17-7-5-6-8-17)20-12(10)14(18)19-15(2,3)4/h5-8H,1-4H3. The highest BCUT2D eigenvalue weighted by atomic mass is 32.1. The van der Waals surface area contributed by atoms with Crippen LogP contribution in [0.2, 0.25) is 0 Å². The summed E-state index contributed by atoms with van der Waals surface area (Å²) in [6, 6.07) is 5.93. The van der Waals surface area contributed by atoms with Crippen LogP contribution in [0.25, 0.3) is 5.00 Å². The van der Waals surface area contributed by atoms with Crippen molar-refractivity contribution in [1.82, 2.24) is 4.57 Å². The molecule has 20 heavy (non-hydrogen) atoms. The van der Waals surface area contributed by atoms with Crippen LogP contribution < -0.4 is 0 Å². The van der Waals surface area contributed by atoms with E-state index in [1.165, 1.54) is 11.3 Å². The van der Waals surface area contributed by atoms with Crippen LogP contribution in [-0.4, -0.2) is 16.1 Å². The second-order valence-electron chi connectivity index (χ2n) is 5.44. The maximum Gasteiger partial charge on any atom is 0.349 e. The number of aromatic nitrogens is 1. The van der Waals surface area contributed by atoms with Crippen molar-refractivity contribution >= 4 is 17.3 Å². The quantitative estimate of drug-likeness (QED) is 0.792. The molecular formula is C15H16N2O2S. The first-order chi connectivity index (χ1) is 9.33. The van der Waals surface area contributed by atoms with Crippen molar-refractivity contribution in [3.63, 3.8) is 0 Å². The van der Waals surface area contributed by atoms with Gasteiger partial charge in [-0.05, 0) is 45.4 Å². The van der Waals surface area contributed by atoms with Gasteiger partial charge in [0.05, 0.1) is 5.56 Å². The molecule has 0 N–H and O–H groups in total. The Balaban J connectivity index is 2.47. The molecule has 0 aliphatic rings. The topological polar surface area (TPSA) is 55.0 Å². The summed E-state index contributed by atoms with van der Waals surface area (Å²) in [5, 5.41) is 10.1. The first-order valence-corrected chi connectivity index (χ1v) is 7.05. The third kappa shape index (κ3) is 2.75. The van der Waals surface area contributed by atoms with Crippen molar-refractivity contribution < 1.29 is 9.53 Å². The number of rotatable bonds is 2. The molecule has 4 nitrogen and oxygen atoms in total. The minimum absolute atomic E-state index is 0.380. The third-order valence-electron chi connectivity index (χ3n) is 2.66. The van der Waals surface area contributed by atoms with E-state index in [0.29, 0.717) is 16.0 Å². The monoisotopic (exact) mass is 288 g/mol. The molecule has 0 fully saturated rings. The van der Waals surface area contributed by atoms with Crippen LogP contribution in [0, 0.1) is 18.3 Å². The Morgan fingerprint density at radius 2 is 1.95 bits per heavy atom. The molecule has 0 bridgehead atoms. The smallest absolute Gasteiger partial charge is 0.349 e. The molecule has 2 aromatic heterocycles. The van der Waals surface area contributed by atoms with Gasteiger partial charge in [0.15, 0.2) is 0 Å². The Kier molecular flexibility index (Phi) is 3.69. The second kappa shape index (κ2) is 5.14. The van der Waals surface area contributed by atoms with Gasteiger partial charge in [-0.25, -0.2) is 4.79 Å². The number of carbonyl (C=O) groups is 1. The number of hydrogen-bond donors (Lipinski definition) is 0. The summed E-state index contributed by atoms with van der Waals surface area (Å²) in [5.41, 5.74) is 0.649. The number of carbonyl (C=O) groups excluding carboxylic acids is 1. The average molecular weight is 288 g/mol. The van der Waals surface area contributed by atoms with Crippen LogP contribution in [0.15, 0.2) is 24.5 Å². The zero-order valence-electron chi connectivity index (χ0n) is 11.9. The molecule has 2 heterocycles. The van der Waals surface area contributed by atoms with E-state index in [4.69, 9.17) is 4.74 Å². The molecule has 0 radical (unpaired) electrons. The van der Waals surface area contributed by atoms with Crippen LogP contribution in [0.4, 0.5) is 0 Å². The van der Waals surface area contributed by atoms with Crippen molar-refractivity contribution in [2.75, 3.05) is 0 Å². The molecule has 104 valence electrons. The Morgan fingerprint density at radius 1 is 1.35 bits per heavy atom. The van der Waals surface area contributed by atoms with Crippen LogP contribution in [0.1, 0.15) is 41.6 Å². The number of thiophene rings is 1. The molecule has 0 aliphatic carbocycles. The van der Waals surface area contributed by atoms with Gasteiger partial charge in [0, 0.05) is 12.4 Å². The average Bonchev–Trinajstić information content (AvgIpc) is 2.93. The van der Waals surface area contributed by atoms with Crippen LogP contribution in [0.3, 0.4) is 0 Å². The minimum Gasteiger partial charge on any atom is -0.456 e. The Labute approximate surface area is 122 Å². The number of ether oxygens (including phenoxy) is 1. The molecule has 0 saturated heterocycles. The van der Waals surface area contributed by atoms with E-state index < -0.39 is 5.60 Å². The summed E-state index contributed by atoms with van der Waals surface area (Å²) < 4.78 is 7.22. The summed E-state index contributed by atoms with van der Waals surface area (Å²) in [5.74, 6) is -0.380. The van der Waals surface area contributed by atoms with E-state index in [2.05, 4.69) is 6.07 Å². The maximum atomic E-state index is 12.2. The predicted molar refractivity (Wildman–Crippen MR) is 78.3 cm³/mol. The lowest BCUT2D eigenvalue weighted by molar-refractivity contribution is 0.00745.